The van der Waals surface area contributed by atoms with Crippen molar-refractivity contribution in [3.63, 3.8) is 0 Å². The summed E-state index contributed by atoms with van der Waals surface area (Å²) in [5.74, 6) is 0. The first-order valence-electron chi connectivity index (χ1n) is 1.12. The average molecular weight is 173 g/mol. The molecule has 0 saturated heterocycles. The highest BCUT2D eigenvalue weighted by Gasteiger charge is 1.32. The molecule has 0 aromatic rings. The first kappa shape index (κ1) is 8.83. The van der Waals surface area contributed by atoms with E-state index in [2.05, 4.69) is 0 Å². The van der Waals surface area contributed by atoms with Gasteiger partial charge in [0.05, 0.1) is 0 Å². The molecule has 0 unspecified atom stereocenters. The van der Waals surface area contributed by atoms with Gasteiger partial charge in [0.2, 0.25) is 0 Å². The highest BCUT2D eigenvalue weighted by molar-refractivity contribution is 14.0. The molecule has 2 heteroatoms. The van der Waals surface area contributed by atoms with Crippen LogP contribution >= 0.6 is 24.0 Å². The van der Waals surface area contributed by atoms with Crippen molar-refractivity contribution in [2.45, 2.75) is 6.92 Å². The average Bonchev–Trinajstić information content (AvgIpc) is 0.918. The van der Waals surface area contributed by atoms with Crippen LogP contribution in [0.2, 0.25) is 0 Å². The molecule has 0 atom stereocenters. The Balaban J connectivity index is 0. The lowest BCUT2D eigenvalue weighted by Crippen LogP contribution is -1.87. The third-order valence-electron chi connectivity index (χ3n) is 0. The monoisotopic (exact) mass is 173 g/mol. The van der Waals surface area contributed by atoms with Crippen molar-refractivity contribution >= 4 is 24.0 Å². The van der Waals surface area contributed by atoms with E-state index in [-0.39, 0.29) is 24.0 Å². The zero-order valence-corrected chi connectivity index (χ0v) is 5.02. The van der Waals surface area contributed by atoms with Crippen LogP contribution in [0.15, 0.2) is 0 Å². The van der Waals surface area contributed by atoms with Crippen molar-refractivity contribution in [3.05, 3.63) is 0 Å². The summed E-state index contributed by atoms with van der Waals surface area (Å²) in [5, 5.41) is 0. The highest BCUT2D eigenvalue weighted by Crippen LogP contribution is 1.20. The van der Waals surface area contributed by atoms with Crippen LogP contribution in [0, 0.1) is 0 Å². The molecule has 2 N–H and O–H groups in total. The van der Waals surface area contributed by atoms with Gasteiger partial charge in [-0.05, 0) is 6.54 Å². The molecule has 0 amide bonds. The summed E-state index contributed by atoms with van der Waals surface area (Å²) >= 11 is 0. The summed E-state index contributed by atoms with van der Waals surface area (Å²) in [6.07, 6.45) is 0. The fraction of sp³-hybridized carbons (Fsp3) is 1.00. The van der Waals surface area contributed by atoms with Gasteiger partial charge in [0.15, 0.2) is 0 Å². The Labute approximate surface area is 43.6 Å². The van der Waals surface area contributed by atoms with Gasteiger partial charge in [-0.25, -0.2) is 0 Å². The van der Waals surface area contributed by atoms with E-state index in [9.17, 15) is 0 Å². The fourth-order valence-electron chi connectivity index (χ4n) is 0. The van der Waals surface area contributed by atoms with Gasteiger partial charge in [-0.15, -0.1) is 24.0 Å². The standard InChI is InChI=1S/C2H7N.HI/c1-2-3;/h2-3H2,1H3;1H. The third kappa shape index (κ3) is 16.1. The van der Waals surface area contributed by atoms with E-state index in [1.807, 2.05) is 6.92 Å². The first-order valence-corrected chi connectivity index (χ1v) is 1.12. The number of halogens is 1. The molecule has 28 valence electrons. The molecule has 1 nitrogen and oxygen atoms in total. The summed E-state index contributed by atoms with van der Waals surface area (Å²) in [4.78, 5) is 0. The van der Waals surface area contributed by atoms with Crippen LogP contribution in [0.25, 0.3) is 0 Å². The molecular weight excluding hydrogens is 165 g/mol. The van der Waals surface area contributed by atoms with E-state index in [0.717, 1.165) is 6.54 Å². The van der Waals surface area contributed by atoms with Gasteiger partial charge in [0, 0.05) is 0 Å². The lowest BCUT2D eigenvalue weighted by molar-refractivity contribution is 1.14. The Morgan fingerprint density at radius 2 is 1.75 bits per heavy atom. The number of hydrogen-bond donors (Lipinski definition) is 1. The van der Waals surface area contributed by atoms with E-state index >= 15 is 0 Å². The maximum atomic E-state index is 4.85. The first-order chi connectivity index (χ1) is 1.41. The number of hydrogen-bond acceptors (Lipinski definition) is 1. The van der Waals surface area contributed by atoms with Crippen LogP contribution in [0.5, 0.6) is 0 Å². The van der Waals surface area contributed by atoms with Crippen molar-refractivity contribution < 1.29 is 0 Å². The maximum Gasteiger partial charge on any atom is -0.0106 e. The molecule has 0 saturated carbocycles. The molecule has 0 spiro atoms. The van der Waals surface area contributed by atoms with Crippen LogP contribution in [-0.4, -0.2) is 6.54 Å². The van der Waals surface area contributed by atoms with Gasteiger partial charge < -0.3 is 5.73 Å². The predicted molar refractivity (Wildman–Crippen MR) is 30.1 cm³/mol. The second-order valence-corrected chi connectivity index (χ2v) is 0.408. The normalized spacial score (nSPS) is 4.50. The van der Waals surface area contributed by atoms with Gasteiger partial charge in [0.25, 0.3) is 0 Å². The van der Waals surface area contributed by atoms with Gasteiger partial charge in [0.1, 0.15) is 0 Å². The minimum Gasteiger partial charge on any atom is -0.331 e. The zero-order valence-electron chi connectivity index (χ0n) is 2.69. The summed E-state index contributed by atoms with van der Waals surface area (Å²) in [5.41, 5.74) is 4.85. The Morgan fingerprint density at radius 3 is 1.75 bits per heavy atom. The topological polar surface area (TPSA) is 26.0 Å². The molecule has 0 heterocycles. The van der Waals surface area contributed by atoms with E-state index < -0.39 is 0 Å². The highest BCUT2D eigenvalue weighted by atomic mass is 127. The second kappa shape index (κ2) is 9.35. The molecule has 0 aliphatic rings. The molecule has 0 aliphatic carbocycles. The molecule has 0 aromatic heterocycles. The molecule has 0 aromatic carbocycles. The van der Waals surface area contributed by atoms with Crippen LogP contribution in [0.3, 0.4) is 0 Å². The van der Waals surface area contributed by atoms with Crippen LogP contribution in [0.1, 0.15) is 6.92 Å². The molecule has 0 fully saturated rings. The van der Waals surface area contributed by atoms with Crippen molar-refractivity contribution in [1.29, 1.82) is 0 Å². The van der Waals surface area contributed by atoms with Crippen molar-refractivity contribution in [1.82, 2.24) is 0 Å². The largest absolute Gasteiger partial charge is 0.331 e. The molecular formula is C2H8IN. The van der Waals surface area contributed by atoms with E-state index in [1.165, 1.54) is 0 Å². The SMILES string of the molecule is CCN.I. The predicted octanol–water partition coefficient (Wildman–Crippen LogP) is 0.583. The number of nitrogens with two attached hydrogens (primary N) is 1. The summed E-state index contributed by atoms with van der Waals surface area (Å²) in [7, 11) is 0. The Kier molecular flexibility index (Phi) is 20.6. The van der Waals surface area contributed by atoms with Gasteiger partial charge in [-0.3, -0.25) is 0 Å². The Morgan fingerprint density at radius 1 is 1.75 bits per heavy atom. The van der Waals surface area contributed by atoms with Crippen LogP contribution in [-0.2, 0) is 0 Å². The quantitative estimate of drug-likeness (QED) is 0.533. The van der Waals surface area contributed by atoms with Crippen molar-refractivity contribution in [3.8, 4) is 0 Å². The zero-order chi connectivity index (χ0) is 2.71. The summed E-state index contributed by atoms with van der Waals surface area (Å²) in [6.45, 7) is 2.65. The van der Waals surface area contributed by atoms with Gasteiger partial charge >= 0.3 is 0 Å². The Hall–Kier alpha value is 0.690. The summed E-state index contributed by atoms with van der Waals surface area (Å²) < 4.78 is 0. The van der Waals surface area contributed by atoms with Crippen LogP contribution < -0.4 is 5.73 Å². The van der Waals surface area contributed by atoms with E-state index in [4.69, 9.17) is 5.73 Å². The third-order valence-corrected chi connectivity index (χ3v) is 0. The van der Waals surface area contributed by atoms with Crippen molar-refractivity contribution in [2.24, 2.45) is 5.73 Å². The minimum atomic E-state index is 0. The smallest absolute Gasteiger partial charge is 0.0106 e. The van der Waals surface area contributed by atoms with Crippen LogP contribution in [0.4, 0.5) is 0 Å². The maximum absolute atomic E-state index is 4.85. The van der Waals surface area contributed by atoms with Gasteiger partial charge in [-0.2, -0.15) is 0 Å². The molecule has 0 radical (unpaired) electrons. The second-order valence-electron chi connectivity index (χ2n) is 0.408. The van der Waals surface area contributed by atoms with E-state index in [1.54, 1.807) is 0 Å². The lowest BCUT2D eigenvalue weighted by atomic mass is 10.8. The van der Waals surface area contributed by atoms with Gasteiger partial charge in [-0.1, -0.05) is 6.92 Å². The lowest BCUT2D eigenvalue weighted by Gasteiger charge is -1.53. The Bertz CT molecular complexity index is 6.00. The fourth-order valence-corrected chi connectivity index (χ4v) is 0. The molecule has 0 bridgehead atoms. The molecule has 0 aliphatic heterocycles. The minimum absolute atomic E-state index is 0. The molecule has 4 heavy (non-hydrogen) atoms. The van der Waals surface area contributed by atoms with Crippen molar-refractivity contribution in [2.75, 3.05) is 6.54 Å². The number of rotatable bonds is 0. The van der Waals surface area contributed by atoms with E-state index in [0.29, 0.717) is 0 Å². The molecule has 0 rings (SSSR count). The summed E-state index contributed by atoms with van der Waals surface area (Å²) in [6, 6.07) is 0.